The number of nitrogens with zero attached hydrogens (tertiary/aromatic N) is 6. The lowest BCUT2D eigenvalue weighted by atomic mass is 10.0. The molecule has 2 fully saturated rings. The lowest BCUT2D eigenvalue weighted by molar-refractivity contribution is 0.0982. The van der Waals surface area contributed by atoms with E-state index in [1.165, 1.54) is 6.33 Å². The molecule has 2 N–H and O–H groups in total. The Bertz CT molecular complexity index is 1470. The number of ether oxygens (including phenoxy) is 1. The third-order valence-electron chi connectivity index (χ3n) is 8.19. The van der Waals surface area contributed by atoms with Gasteiger partial charge in [0.1, 0.15) is 12.1 Å². The molecule has 232 valence electrons. The van der Waals surface area contributed by atoms with Crippen molar-refractivity contribution in [3.8, 4) is 5.75 Å². The van der Waals surface area contributed by atoms with Crippen molar-refractivity contribution in [2.75, 3.05) is 68.5 Å². The van der Waals surface area contributed by atoms with E-state index < -0.39 is 15.1 Å². The van der Waals surface area contributed by atoms with Gasteiger partial charge in [0, 0.05) is 57.1 Å². The molecule has 12 heteroatoms. The number of benzene rings is 2. The van der Waals surface area contributed by atoms with Crippen molar-refractivity contribution in [2.24, 2.45) is 0 Å². The molecule has 0 unspecified atom stereocenters. The molecular formula is C31H44N8O3S. The van der Waals surface area contributed by atoms with Crippen molar-refractivity contribution in [1.29, 1.82) is 0 Å². The summed E-state index contributed by atoms with van der Waals surface area (Å²) in [5.74, 6) is 1.30. The van der Waals surface area contributed by atoms with Crippen molar-refractivity contribution in [3.05, 3.63) is 48.8 Å². The van der Waals surface area contributed by atoms with Crippen LogP contribution in [0.4, 0.5) is 29.0 Å². The maximum absolute atomic E-state index is 12.9. The lowest BCUT2D eigenvalue weighted by Gasteiger charge is -2.42. The number of nitrogens with one attached hydrogen (secondary N) is 2. The van der Waals surface area contributed by atoms with Gasteiger partial charge in [0.15, 0.2) is 9.84 Å². The molecule has 0 spiro atoms. The minimum Gasteiger partial charge on any atom is -0.491 e. The summed E-state index contributed by atoms with van der Waals surface area (Å²) in [6.45, 7) is 12.7. The van der Waals surface area contributed by atoms with Crippen LogP contribution in [0.15, 0.2) is 53.7 Å². The number of piperidine rings is 1. The fourth-order valence-electron chi connectivity index (χ4n) is 5.55. The van der Waals surface area contributed by atoms with E-state index >= 15 is 0 Å². The molecule has 2 aliphatic heterocycles. The summed E-state index contributed by atoms with van der Waals surface area (Å²) in [6, 6.07) is 13.7. The number of piperazine rings is 1. The Kier molecular flexibility index (Phi) is 9.99. The van der Waals surface area contributed by atoms with E-state index in [1.807, 2.05) is 6.07 Å². The van der Waals surface area contributed by atoms with Gasteiger partial charge in [0.2, 0.25) is 11.9 Å². The number of likely N-dealkylation sites (N-methyl/N-ethyl adjacent to an activating group) is 1. The van der Waals surface area contributed by atoms with Gasteiger partial charge in [0.05, 0.1) is 28.1 Å². The number of aromatic nitrogens is 3. The highest BCUT2D eigenvalue weighted by molar-refractivity contribution is 7.92. The van der Waals surface area contributed by atoms with Gasteiger partial charge >= 0.3 is 0 Å². The molecule has 0 radical (unpaired) electrons. The number of anilines is 5. The topological polar surface area (TPSA) is 116 Å². The molecule has 11 nitrogen and oxygen atoms in total. The zero-order valence-electron chi connectivity index (χ0n) is 25.7. The van der Waals surface area contributed by atoms with Crippen LogP contribution in [0.5, 0.6) is 5.75 Å². The van der Waals surface area contributed by atoms with Crippen LogP contribution < -0.4 is 20.3 Å². The van der Waals surface area contributed by atoms with E-state index in [9.17, 15) is 8.42 Å². The van der Waals surface area contributed by atoms with Crippen LogP contribution in [0.2, 0.25) is 0 Å². The Hall–Kier alpha value is -3.48. The predicted molar refractivity (Wildman–Crippen MR) is 172 cm³/mol. The summed E-state index contributed by atoms with van der Waals surface area (Å²) in [4.78, 5) is 20.8. The second-order valence-electron chi connectivity index (χ2n) is 11.6. The van der Waals surface area contributed by atoms with E-state index in [0.717, 1.165) is 75.7 Å². The van der Waals surface area contributed by atoms with E-state index in [2.05, 4.69) is 66.4 Å². The minimum atomic E-state index is -3.50. The Morgan fingerprint density at radius 1 is 0.930 bits per heavy atom. The van der Waals surface area contributed by atoms with E-state index in [1.54, 1.807) is 38.1 Å². The summed E-state index contributed by atoms with van der Waals surface area (Å²) >= 11 is 0. The predicted octanol–water partition coefficient (Wildman–Crippen LogP) is 4.55. The van der Waals surface area contributed by atoms with Crippen LogP contribution in [-0.2, 0) is 9.84 Å². The molecule has 0 aliphatic carbocycles. The van der Waals surface area contributed by atoms with Crippen LogP contribution in [0.1, 0.15) is 40.0 Å². The van der Waals surface area contributed by atoms with Crippen molar-refractivity contribution in [2.45, 2.75) is 56.2 Å². The summed E-state index contributed by atoms with van der Waals surface area (Å²) in [5, 5.41) is 5.79. The van der Waals surface area contributed by atoms with Gasteiger partial charge in [-0.15, -0.1) is 0 Å². The van der Waals surface area contributed by atoms with Crippen molar-refractivity contribution in [1.82, 2.24) is 24.8 Å². The van der Waals surface area contributed by atoms with Crippen LogP contribution in [0, 0.1) is 0 Å². The Morgan fingerprint density at radius 2 is 1.60 bits per heavy atom. The largest absolute Gasteiger partial charge is 0.491 e. The molecule has 1 aromatic heterocycles. The first-order valence-corrected chi connectivity index (χ1v) is 16.8. The minimum absolute atomic E-state index is 0.207. The molecular weight excluding hydrogens is 564 g/mol. The number of sulfone groups is 1. The zero-order valence-corrected chi connectivity index (χ0v) is 26.5. The highest BCUT2D eigenvalue weighted by Crippen LogP contribution is 2.34. The summed E-state index contributed by atoms with van der Waals surface area (Å²) < 4.78 is 31.9. The standard InChI is InChI=1S/C31H44N8O3S/c1-5-20-42-28-21-25(38-14-12-24(13-15-38)39-18-16-37(4)17-19-39)10-11-26(28)34-30-32-22-33-31(36-30)35-27-8-6-7-9-29(27)43(40,41)23(2)3/h6-11,21-24H,5,12-20H2,1-4H3,(H2,32,33,34,35,36). The van der Waals surface area contributed by atoms with Gasteiger partial charge in [-0.3, -0.25) is 4.90 Å². The Labute approximate surface area is 255 Å². The first-order chi connectivity index (χ1) is 20.7. The normalized spacial score (nSPS) is 17.3. The number of hydrogen-bond acceptors (Lipinski definition) is 11. The summed E-state index contributed by atoms with van der Waals surface area (Å²) in [6.07, 6.45) is 4.61. The Balaban J connectivity index is 1.29. The van der Waals surface area contributed by atoms with Crippen LogP contribution in [0.3, 0.4) is 0 Å². The fraction of sp³-hybridized carbons (Fsp3) is 0.516. The van der Waals surface area contributed by atoms with E-state index in [0.29, 0.717) is 24.3 Å². The molecule has 2 aromatic carbocycles. The Morgan fingerprint density at radius 3 is 2.28 bits per heavy atom. The van der Waals surface area contributed by atoms with Crippen LogP contribution >= 0.6 is 0 Å². The third-order valence-corrected chi connectivity index (χ3v) is 10.4. The molecule has 3 heterocycles. The number of rotatable bonds is 11. The number of para-hydroxylation sites is 1. The molecule has 0 bridgehead atoms. The quantitative estimate of drug-likeness (QED) is 0.320. The van der Waals surface area contributed by atoms with Crippen molar-refractivity contribution < 1.29 is 13.2 Å². The average Bonchev–Trinajstić information content (AvgIpc) is 3.01. The molecule has 43 heavy (non-hydrogen) atoms. The molecule has 0 amide bonds. The maximum atomic E-state index is 12.9. The van der Waals surface area contributed by atoms with Gasteiger partial charge < -0.3 is 25.2 Å². The molecule has 5 rings (SSSR count). The van der Waals surface area contributed by atoms with E-state index in [-0.39, 0.29) is 10.8 Å². The molecule has 3 aromatic rings. The van der Waals surface area contributed by atoms with E-state index in [4.69, 9.17) is 4.74 Å². The molecule has 0 atom stereocenters. The van der Waals surface area contributed by atoms with Crippen molar-refractivity contribution >= 4 is 38.8 Å². The van der Waals surface area contributed by atoms with Gasteiger partial charge in [-0.1, -0.05) is 19.1 Å². The highest BCUT2D eigenvalue weighted by atomic mass is 32.2. The number of hydrogen-bond donors (Lipinski definition) is 2. The third kappa shape index (κ3) is 7.54. The smallest absolute Gasteiger partial charge is 0.232 e. The van der Waals surface area contributed by atoms with Crippen molar-refractivity contribution in [3.63, 3.8) is 0 Å². The zero-order chi connectivity index (χ0) is 30.4. The first kappa shape index (κ1) is 31.0. The van der Waals surface area contributed by atoms with Crippen LogP contribution in [-0.4, -0.2) is 97.4 Å². The monoisotopic (exact) mass is 608 g/mol. The second-order valence-corrected chi connectivity index (χ2v) is 14.0. The molecule has 2 saturated heterocycles. The summed E-state index contributed by atoms with van der Waals surface area (Å²) in [7, 11) is -1.30. The second kappa shape index (κ2) is 13.9. The SMILES string of the molecule is CCCOc1cc(N2CCC(N3CCN(C)CC3)CC2)ccc1Nc1ncnc(Nc2ccccc2S(=O)(=O)C(C)C)n1. The first-order valence-electron chi connectivity index (χ1n) is 15.2. The lowest BCUT2D eigenvalue weighted by Crippen LogP contribution is -2.52. The molecule has 2 aliphatic rings. The maximum Gasteiger partial charge on any atom is 0.232 e. The average molecular weight is 609 g/mol. The molecule has 0 saturated carbocycles. The van der Waals surface area contributed by atoms with Crippen LogP contribution in [0.25, 0.3) is 0 Å². The highest BCUT2D eigenvalue weighted by Gasteiger charge is 2.27. The van der Waals surface area contributed by atoms with Gasteiger partial charge in [0.25, 0.3) is 0 Å². The van der Waals surface area contributed by atoms with Gasteiger partial charge in [-0.2, -0.15) is 4.98 Å². The summed E-state index contributed by atoms with van der Waals surface area (Å²) in [5.41, 5.74) is 2.32. The van der Waals surface area contributed by atoms with Gasteiger partial charge in [-0.05, 0) is 64.4 Å². The van der Waals surface area contributed by atoms with Gasteiger partial charge in [-0.25, -0.2) is 18.4 Å². The fourth-order valence-corrected chi connectivity index (χ4v) is 6.75.